The molecule has 1 aliphatic heterocycles. The molecule has 2 aromatic carbocycles. The van der Waals surface area contributed by atoms with E-state index in [1.165, 1.54) is 34.6 Å². The highest BCUT2D eigenvalue weighted by atomic mass is 35.5. The van der Waals surface area contributed by atoms with Crippen molar-refractivity contribution in [2.75, 3.05) is 36.4 Å². The van der Waals surface area contributed by atoms with Crippen LogP contribution in [0, 0.1) is 0 Å². The number of aromatic hydroxyl groups is 1. The van der Waals surface area contributed by atoms with Gasteiger partial charge in [-0.3, -0.25) is 14.4 Å². The normalized spacial score (nSPS) is 13.7. The van der Waals surface area contributed by atoms with Gasteiger partial charge >= 0.3 is 6.18 Å². The average Bonchev–Trinajstić information content (AvgIpc) is 3.75. The molecule has 5 heterocycles. The molecule has 2 N–H and O–H groups in total. The minimum atomic E-state index is -4.61. The second kappa shape index (κ2) is 13.3. The van der Waals surface area contributed by atoms with Crippen molar-refractivity contribution in [3.8, 4) is 16.5 Å². The molecular formula is C34H28ClF3N8O4S. The molecule has 0 saturated carbocycles. The smallest absolute Gasteiger partial charge is 0.416 e. The van der Waals surface area contributed by atoms with E-state index in [1.807, 2.05) is 42.2 Å². The summed E-state index contributed by atoms with van der Waals surface area (Å²) in [5, 5.41) is 18.0. The third-order valence-corrected chi connectivity index (χ3v) is 9.98. The Morgan fingerprint density at radius 2 is 1.80 bits per heavy atom. The predicted octanol–water partition coefficient (Wildman–Crippen LogP) is 5.71. The number of carbonyl (C=O) groups is 2. The summed E-state index contributed by atoms with van der Waals surface area (Å²) in [5.74, 6) is -0.929. The molecule has 4 aromatic heterocycles. The molecule has 0 atom stereocenters. The summed E-state index contributed by atoms with van der Waals surface area (Å²) in [4.78, 5) is 53.8. The highest BCUT2D eigenvalue weighted by molar-refractivity contribution is 7.22. The van der Waals surface area contributed by atoms with Gasteiger partial charge in [0.2, 0.25) is 11.7 Å². The molecule has 262 valence electrons. The average molecular weight is 737 g/mol. The van der Waals surface area contributed by atoms with Crippen LogP contribution in [0.15, 0.2) is 71.7 Å². The quantitative estimate of drug-likeness (QED) is 0.213. The van der Waals surface area contributed by atoms with E-state index in [-0.39, 0.29) is 72.2 Å². The summed E-state index contributed by atoms with van der Waals surface area (Å²) in [6.45, 7) is 2.37. The molecule has 1 fully saturated rings. The van der Waals surface area contributed by atoms with Gasteiger partial charge in [0.25, 0.3) is 11.5 Å². The maximum absolute atomic E-state index is 14.3. The van der Waals surface area contributed by atoms with Crippen molar-refractivity contribution >= 4 is 62.0 Å². The van der Waals surface area contributed by atoms with Gasteiger partial charge < -0.3 is 24.8 Å². The van der Waals surface area contributed by atoms with E-state index in [4.69, 9.17) is 16.6 Å². The van der Waals surface area contributed by atoms with Crippen molar-refractivity contribution < 1.29 is 27.9 Å². The number of halogens is 4. The van der Waals surface area contributed by atoms with Gasteiger partial charge in [0, 0.05) is 37.1 Å². The van der Waals surface area contributed by atoms with Gasteiger partial charge in [-0.15, -0.1) is 16.4 Å². The van der Waals surface area contributed by atoms with Gasteiger partial charge in [0.05, 0.1) is 26.8 Å². The highest BCUT2D eigenvalue weighted by Crippen LogP contribution is 2.35. The molecule has 0 radical (unpaired) electrons. The predicted molar refractivity (Wildman–Crippen MR) is 187 cm³/mol. The second-order valence-electron chi connectivity index (χ2n) is 11.7. The van der Waals surface area contributed by atoms with E-state index in [9.17, 15) is 32.7 Å². The van der Waals surface area contributed by atoms with Gasteiger partial charge in [-0.2, -0.15) is 22.7 Å². The molecule has 6 aromatic rings. The third kappa shape index (κ3) is 6.47. The molecule has 1 saturated heterocycles. The summed E-state index contributed by atoms with van der Waals surface area (Å²) < 4.78 is 43.4. The Labute approximate surface area is 296 Å². The number of nitrogens with one attached hydrogen (secondary N) is 1. The van der Waals surface area contributed by atoms with Crippen LogP contribution in [0.5, 0.6) is 5.75 Å². The van der Waals surface area contributed by atoms with Crippen LogP contribution in [0.3, 0.4) is 0 Å². The van der Waals surface area contributed by atoms with E-state index < -0.39 is 29.1 Å². The number of amides is 2. The SMILES string of the molecule is CCc1c(N2CCN(C(=O)c3ncccc3O)CC2)c(=O)n2nc(-c3cc4ccccc4s3)nc2n1CC(=O)Nc1ccc(C(F)(F)F)cc1Cl. The molecule has 7 rings (SSSR count). The number of fused-ring (bicyclic) bond motifs is 2. The Balaban J connectivity index is 1.26. The number of pyridine rings is 1. The van der Waals surface area contributed by atoms with Gasteiger partial charge in [0.15, 0.2) is 11.5 Å². The summed E-state index contributed by atoms with van der Waals surface area (Å²) in [6, 6.07) is 15.2. The lowest BCUT2D eigenvalue weighted by Crippen LogP contribution is -2.51. The molecular weight excluding hydrogens is 709 g/mol. The fraction of sp³-hybridized carbons (Fsp3) is 0.235. The van der Waals surface area contributed by atoms with Gasteiger partial charge in [-0.05, 0) is 54.3 Å². The Morgan fingerprint density at radius 3 is 2.49 bits per heavy atom. The third-order valence-electron chi connectivity index (χ3n) is 8.55. The van der Waals surface area contributed by atoms with Crippen LogP contribution in [0.4, 0.5) is 24.5 Å². The first-order valence-electron chi connectivity index (χ1n) is 15.8. The minimum absolute atomic E-state index is 0.0165. The Morgan fingerprint density at radius 1 is 1.04 bits per heavy atom. The summed E-state index contributed by atoms with van der Waals surface area (Å²) >= 11 is 7.58. The zero-order chi connectivity index (χ0) is 36.0. The van der Waals surface area contributed by atoms with Crippen LogP contribution >= 0.6 is 22.9 Å². The van der Waals surface area contributed by atoms with Gasteiger partial charge in [-0.25, -0.2) is 4.98 Å². The number of hydrogen-bond donors (Lipinski definition) is 2. The number of alkyl halides is 3. The number of benzene rings is 2. The minimum Gasteiger partial charge on any atom is -0.505 e. The number of hydrogen-bond acceptors (Lipinski definition) is 9. The lowest BCUT2D eigenvalue weighted by molar-refractivity contribution is -0.137. The van der Waals surface area contributed by atoms with Crippen molar-refractivity contribution in [3.05, 3.63) is 99.2 Å². The molecule has 0 unspecified atom stereocenters. The molecule has 51 heavy (non-hydrogen) atoms. The van der Waals surface area contributed by atoms with Crippen molar-refractivity contribution in [2.24, 2.45) is 0 Å². The Kier molecular flexibility index (Phi) is 8.89. The number of aromatic nitrogens is 5. The van der Waals surface area contributed by atoms with Crippen LogP contribution in [0.25, 0.3) is 26.6 Å². The number of nitrogens with zero attached hydrogens (tertiary/aromatic N) is 7. The summed E-state index contributed by atoms with van der Waals surface area (Å²) in [7, 11) is 0. The standard InChI is InChI=1S/C34H28ClF3N8O4S/c1-2-23-29(43-12-14-44(15-13-43)31(49)28-24(47)7-5-11-39-28)32(50)46-33(41-30(42-46)26-16-19-6-3-4-8-25(19)51-26)45(23)18-27(48)40-22-10-9-20(17-21(22)35)34(36,37)38/h3-11,16-17,47H,2,12-15,18H2,1H3,(H,40,48). The van der Waals surface area contributed by atoms with Crippen molar-refractivity contribution in [3.63, 3.8) is 0 Å². The molecule has 17 heteroatoms. The first-order chi connectivity index (χ1) is 24.4. The van der Waals surface area contributed by atoms with E-state index in [0.29, 0.717) is 17.0 Å². The Bertz CT molecular complexity index is 2350. The van der Waals surface area contributed by atoms with Crippen LogP contribution in [-0.2, 0) is 23.9 Å². The Hall–Kier alpha value is -5.48. The molecule has 1 aliphatic rings. The van der Waals surface area contributed by atoms with Crippen molar-refractivity contribution in [1.29, 1.82) is 0 Å². The van der Waals surface area contributed by atoms with Crippen molar-refractivity contribution in [1.82, 2.24) is 29.0 Å². The van der Waals surface area contributed by atoms with E-state index >= 15 is 0 Å². The van der Waals surface area contributed by atoms with Crippen LogP contribution in [-0.4, -0.2) is 72.1 Å². The number of anilines is 2. The maximum atomic E-state index is 14.3. The monoisotopic (exact) mass is 736 g/mol. The summed E-state index contributed by atoms with van der Waals surface area (Å²) in [5.41, 5.74) is -0.770. The van der Waals surface area contributed by atoms with E-state index in [0.717, 1.165) is 32.8 Å². The second-order valence-corrected chi connectivity index (χ2v) is 13.2. The molecule has 0 spiro atoms. The van der Waals surface area contributed by atoms with E-state index in [1.54, 1.807) is 4.57 Å². The molecule has 12 nitrogen and oxygen atoms in total. The fourth-order valence-electron chi connectivity index (χ4n) is 6.10. The zero-order valence-electron chi connectivity index (χ0n) is 26.8. The number of carbonyl (C=O) groups excluding carboxylic acids is 2. The van der Waals surface area contributed by atoms with Crippen LogP contribution in [0.1, 0.15) is 28.7 Å². The maximum Gasteiger partial charge on any atom is 0.416 e. The largest absolute Gasteiger partial charge is 0.505 e. The lowest BCUT2D eigenvalue weighted by Gasteiger charge is -2.36. The number of rotatable bonds is 7. The molecule has 0 bridgehead atoms. The fourth-order valence-corrected chi connectivity index (χ4v) is 7.32. The zero-order valence-corrected chi connectivity index (χ0v) is 28.4. The van der Waals surface area contributed by atoms with Gasteiger partial charge in [0.1, 0.15) is 18.0 Å². The first kappa shape index (κ1) is 34.0. The van der Waals surface area contributed by atoms with E-state index in [2.05, 4.69) is 15.4 Å². The van der Waals surface area contributed by atoms with Crippen LogP contribution < -0.4 is 15.8 Å². The first-order valence-corrected chi connectivity index (χ1v) is 17.0. The topological polar surface area (TPSA) is 138 Å². The number of piperazine rings is 1. The van der Waals surface area contributed by atoms with Gasteiger partial charge in [-0.1, -0.05) is 36.7 Å². The van der Waals surface area contributed by atoms with Crippen LogP contribution in [0.2, 0.25) is 5.02 Å². The molecule has 2 amide bonds. The van der Waals surface area contributed by atoms with Crippen molar-refractivity contribution in [2.45, 2.75) is 26.1 Å². The summed E-state index contributed by atoms with van der Waals surface area (Å²) in [6.07, 6.45) is -2.90. The molecule has 0 aliphatic carbocycles. The lowest BCUT2D eigenvalue weighted by atomic mass is 10.2. The highest BCUT2D eigenvalue weighted by Gasteiger charge is 2.32. The number of thiophene rings is 1.